The molecule has 0 amide bonds. The monoisotopic (exact) mass is 293 g/mol. The van der Waals surface area contributed by atoms with Crippen molar-refractivity contribution >= 4 is 10.0 Å². The van der Waals surface area contributed by atoms with Gasteiger partial charge in [0, 0.05) is 24.7 Å². The molecule has 1 N–H and O–H groups in total. The molecule has 1 aromatic carbocycles. The van der Waals surface area contributed by atoms with Gasteiger partial charge in [0.25, 0.3) is 5.56 Å². The molecule has 0 aliphatic heterocycles. The predicted molar refractivity (Wildman–Crippen MR) is 76.8 cm³/mol. The summed E-state index contributed by atoms with van der Waals surface area (Å²) in [6.45, 7) is 0.402. The molecule has 0 unspecified atom stereocenters. The van der Waals surface area contributed by atoms with E-state index < -0.39 is 10.0 Å². The maximum absolute atomic E-state index is 11.9. The SMILES string of the molecule is CS(=O)(=O)NCCn1cnc(-c2ccccc2)cc1=O. The number of aromatic nitrogens is 2. The van der Waals surface area contributed by atoms with Crippen LogP contribution < -0.4 is 10.3 Å². The molecular formula is C13H15N3O3S. The van der Waals surface area contributed by atoms with E-state index in [-0.39, 0.29) is 18.6 Å². The molecule has 0 aliphatic rings. The standard InChI is InChI=1S/C13H15N3O3S/c1-20(18,19)15-7-8-16-10-14-12(9-13(16)17)11-5-3-2-4-6-11/h2-6,9-10,15H,7-8H2,1H3. The van der Waals surface area contributed by atoms with Crippen LogP contribution in [0.1, 0.15) is 0 Å². The third kappa shape index (κ3) is 4.01. The first-order chi connectivity index (χ1) is 9.46. The van der Waals surface area contributed by atoms with Gasteiger partial charge < -0.3 is 0 Å². The topological polar surface area (TPSA) is 81.1 Å². The molecule has 0 spiro atoms. The van der Waals surface area contributed by atoms with Gasteiger partial charge in [0.05, 0.1) is 18.3 Å². The largest absolute Gasteiger partial charge is 0.298 e. The van der Waals surface area contributed by atoms with Crippen LogP contribution in [0.5, 0.6) is 0 Å². The summed E-state index contributed by atoms with van der Waals surface area (Å²) < 4.78 is 25.6. The normalized spacial score (nSPS) is 11.4. The van der Waals surface area contributed by atoms with Gasteiger partial charge in [0.1, 0.15) is 0 Å². The van der Waals surface area contributed by atoms with Crippen molar-refractivity contribution in [1.29, 1.82) is 0 Å². The highest BCUT2D eigenvalue weighted by molar-refractivity contribution is 7.88. The van der Waals surface area contributed by atoms with Crippen LogP contribution in [0.3, 0.4) is 0 Å². The molecule has 20 heavy (non-hydrogen) atoms. The fourth-order valence-corrected chi connectivity index (χ4v) is 2.17. The van der Waals surface area contributed by atoms with Gasteiger partial charge in [-0.3, -0.25) is 9.36 Å². The maximum atomic E-state index is 11.9. The molecule has 2 rings (SSSR count). The molecule has 7 heteroatoms. The maximum Gasteiger partial charge on any atom is 0.253 e. The second-order valence-electron chi connectivity index (χ2n) is 4.34. The fraction of sp³-hybridized carbons (Fsp3) is 0.231. The lowest BCUT2D eigenvalue weighted by Crippen LogP contribution is -2.30. The van der Waals surface area contributed by atoms with Crippen molar-refractivity contribution < 1.29 is 8.42 Å². The van der Waals surface area contributed by atoms with Crippen molar-refractivity contribution in [2.75, 3.05) is 12.8 Å². The predicted octanol–water partition coefficient (Wildman–Crippen LogP) is 0.459. The fourth-order valence-electron chi connectivity index (χ4n) is 1.71. The van der Waals surface area contributed by atoms with Crippen molar-refractivity contribution in [3.8, 4) is 11.3 Å². The summed E-state index contributed by atoms with van der Waals surface area (Å²) in [6.07, 6.45) is 2.50. The Bertz CT molecular complexity index is 739. The molecule has 2 aromatic rings. The molecular weight excluding hydrogens is 278 g/mol. The number of nitrogens with one attached hydrogen (secondary N) is 1. The van der Waals surface area contributed by atoms with E-state index in [2.05, 4.69) is 9.71 Å². The number of nitrogens with zero attached hydrogens (tertiary/aromatic N) is 2. The van der Waals surface area contributed by atoms with Crippen molar-refractivity contribution in [1.82, 2.24) is 14.3 Å². The van der Waals surface area contributed by atoms with Crippen LogP contribution in [-0.4, -0.2) is 30.8 Å². The molecule has 106 valence electrons. The Morgan fingerprint density at radius 2 is 1.95 bits per heavy atom. The number of hydrogen-bond donors (Lipinski definition) is 1. The summed E-state index contributed by atoms with van der Waals surface area (Å²) in [6, 6.07) is 10.8. The van der Waals surface area contributed by atoms with Crippen LogP contribution in [0.2, 0.25) is 0 Å². The molecule has 0 fully saturated rings. The van der Waals surface area contributed by atoms with Crippen LogP contribution in [0.4, 0.5) is 0 Å². The molecule has 0 saturated heterocycles. The minimum atomic E-state index is -3.24. The highest BCUT2D eigenvalue weighted by Crippen LogP contribution is 2.13. The van der Waals surface area contributed by atoms with Gasteiger partial charge in [0.15, 0.2) is 0 Å². The van der Waals surface area contributed by atoms with Crippen molar-refractivity contribution in [3.63, 3.8) is 0 Å². The van der Waals surface area contributed by atoms with Gasteiger partial charge in [0.2, 0.25) is 10.0 Å². The Balaban J connectivity index is 2.13. The summed E-state index contributed by atoms with van der Waals surface area (Å²) in [5.74, 6) is 0. The van der Waals surface area contributed by atoms with E-state index in [0.29, 0.717) is 5.69 Å². The average molecular weight is 293 g/mol. The summed E-state index contributed by atoms with van der Waals surface area (Å²) in [4.78, 5) is 16.1. The Morgan fingerprint density at radius 3 is 2.55 bits per heavy atom. The quantitative estimate of drug-likeness (QED) is 0.868. The van der Waals surface area contributed by atoms with Crippen molar-refractivity contribution in [2.45, 2.75) is 6.54 Å². The zero-order valence-corrected chi connectivity index (χ0v) is 11.8. The molecule has 0 atom stereocenters. The molecule has 0 saturated carbocycles. The molecule has 6 nitrogen and oxygen atoms in total. The van der Waals surface area contributed by atoms with Crippen molar-refractivity contribution in [2.24, 2.45) is 0 Å². The highest BCUT2D eigenvalue weighted by Gasteiger charge is 2.04. The Kier molecular flexibility index (Phi) is 4.31. The molecule has 0 bridgehead atoms. The van der Waals surface area contributed by atoms with Gasteiger partial charge in [-0.2, -0.15) is 0 Å². The molecule has 0 aliphatic carbocycles. The van der Waals surface area contributed by atoms with Gasteiger partial charge in [-0.15, -0.1) is 0 Å². The van der Waals surface area contributed by atoms with Crippen LogP contribution >= 0.6 is 0 Å². The van der Waals surface area contributed by atoms with Gasteiger partial charge in [-0.05, 0) is 0 Å². The summed E-state index contributed by atoms with van der Waals surface area (Å²) in [5, 5.41) is 0. The average Bonchev–Trinajstić information content (AvgIpc) is 2.40. The second kappa shape index (κ2) is 5.98. The zero-order valence-electron chi connectivity index (χ0n) is 11.0. The van der Waals surface area contributed by atoms with E-state index in [4.69, 9.17) is 0 Å². The first-order valence-electron chi connectivity index (χ1n) is 6.02. The number of benzene rings is 1. The van der Waals surface area contributed by atoms with E-state index in [0.717, 1.165) is 11.8 Å². The second-order valence-corrected chi connectivity index (χ2v) is 6.17. The van der Waals surface area contributed by atoms with Gasteiger partial charge in [-0.1, -0.05) is 30.3 Å². The molecule has 1 aromatic heterocycles. The number of hydrogen-bond acceptors (Lipinski definition) is 4. The van der Waals surface area contributed by atoms with Crippen LogP contribution in [0, 0.1) is 0 Å². The first kappa shape index (κ1) is 14.4. The van der Waals surface area contributed by atoms with Crippen LogP contribution in [-0.2, 0) is 16.6 Å². The van der Waals surface area contributed by atoms with E-state index in [1.54, 1.807) is 0 Å². The van der Waals surface area contributed by atoms with Gasteiger partial charge >= 0.3 is 0 Å². The van der Waals surface area contributed by atoms with Crippen LogP contribution in [0.15, 0.2) is 47.5 Å². The lowest BCUT2D eigenvalue weighted by atomic mass is 10.1. The minimum Gasteiger partial charge on any atom is -0.298 e. The van der Waals surface area contributed by atoms with Crippen LogP contribution in [0.25, 0.3) is 11.3 Å². The Morgan fingerprint density at radius 1 is 1.25 bits per heavy atom. The lowest BCUT2D eigenvalue weighted by Gasteiger charge is -2.07. The molecule has 0 radical (unpaired) electrons. The van der Waals surface area contributed by atoms with E-state index in [1.165, 1.54) is 17.0 Å². The summed E-state index contributed by atoms with van der Waals surface area (Å²) in [5.41, 5.74) is 1.25. The number of sulfonamides is 1. The minimum absolute atomic E-state index is 0.158. The summed E-state index contributed by atoms with van der Waals surface area (Å²) in [7, 11) is -3.24. The van der Waals surface area contributed by atoms with E-state index in [1.807, 2.05) is 30.3 Å². The molecule has 1 heterocycles. The summed E-state index contributed by atoms with van der Waals surface area (Å²) >= 11 is 0. The first-order valence-corrected chi connectivity index (χ1v) is 7.91. The smallest absolute Gasteiger partial charge is 0.253 e. The van der Waals surface area contributed by atoms with Gasteiger partial charge in [-0.25, -0.2) is 18.1 Å². The number of rotatable bonds is 5. The third-order valence-electron chi connectivity index (χ3n) is 2.67. The van der Waals surface area contributed by atoms with Crippen molar-refractivity contribution in [3.05, 3.63) is 53.1 Å². The Labute approximate surface area is 117 Å². The zero-order chi connectivity index (χ0) is 14.6. The van der Waals surface area contributed by atoms with E-state index >= 15 is 0 Å². The third-order valence-corrected chi connectivity index (χ3v) is 3.39. The van der Waals surface area contributed by atoms with E-state index in [9.17, 15) is 13.2 Å². The highest BCUT2D eigenvalue weighted by atomic mass is 32.2. The Hall–Kier alpha value is -1.99. The lowest BCUT2D eigenvalue weighted by molar-refractivity contribution is 0.574.